The highest BCUT2D eigenvalue weighted by Gasteiger charge is 2.29. The maximum absolute atomic E-state index is 12.2. The number of carbonyl (C=O) groups excluding carboxylic acids is 3. The Morgan fingerprint density at radius 2 is 1.58 bits per heavy atom. The standard InChI is InChI=1S/C14H24N4O7S/c1-26-5-4-8(14(24)25)17-13(23)9(6-11(20)21)18-12(22)7(15)2-3-10(16)19/h7-9H,2-6,15H2,1H3,(H2,16,19)(H,17,23)(H,18,22)(H,20,21)(H,24,25). The SMILES string of the molecule is CSCCC(NC(=O)C(CC(=O)O)NC(=O)C(N)CCC(N)=O)C(=O)O. The first kappa shape index (κ1) is 23.7. The maximum Gasteiger partial charge on any atom is 0.326 e. The minimum atomic E-state index is -1.50. The van der Waals surface area contributed by atoms with Crippen LogP contribution in [0.4, 0.5) is 0 Å². The first-order chi connectivity index (χ1) is 12.1. The molecule has 0 fully saturated rings. The molecule has 148 valence electrons. The number of aliphatic carboxylic acids is 2. The van der Waals surface area contributed by atoms with Gasteiger partial charge in [-0.25, -0.2) is 4.79 Å². The van der Waals surface area contributed by atoms with Gasteiger partial charge in [0.2, 0.25) is 17.7 Å². The highest BCUT2D eigenvalue weighted by atomic mass is 32.2. The first-order valence-electron chi connectivity index (χ1n) is 7.66. The van der Waals surface area contributed by atoms with E-state index in [1.165, 1.54) is 11.8 Å². The molecule has 0 aromatic rings. The first-order valence-corrected chi connectivity index (χ1v) is 9.06. The van der Waals surface area contributed by atoms with Gasteiger partial charge in [0.25, 0.3) is 0 Å². The molecule has 12 heteroatoms. The molecule has 0 aromatic carbocycles. The molecule has 3 amide bonds. The average Bonchev–Trinajstić information content (AvgIpc) is 2.54. The minimum absolute atomic E-state index is 0.0753. The molecule has 3 unspecified atom stereocenters. The molecule has 26 heavy (non-hydrogen) atoms. The number of amides is 3. The second-order valence-corrected chi connectivity index (χ2v) is 6.44. The van der Waals surface area contributed by atoms with Gasteiger partial charge in [-0.3, -0.25) is 19.2 Å². The largest absolute Gasteiger partial charge is 0.481 e. The van der Waals surface area contributed by atoms with Crippen LogP contribution < -0.4 is 22.1 Å². The van der Waals surface area contributed by atoms with Crippen LogP contribution in [0.1, 0.15) is 25.7 Å². The Balaban J connectivity index is 4.96. The summed E-state index contributed by atoms with van der Waals surface area (Å²) in [5, 5.41) is 22.4. The number of carbonyl (C=O) groups is 5. The summed E-state index contributed by atoms with van der Waals surface area (Å²) >= 11 is 1.38. The molecule has 0 aliphatic rings. The van der Waals surface area contributed by atoms with Gasteiger partial charge in [0, 0.05) is 6.42 Å². The van der Waals surface area contributed by atoms with Gasteiger partial charge in [0.1, 0.15) is 12.1 Å². The summed E-state index contributed by atoms with van der Waals surface area (Å²) in [4.78, 5) is 57.0. The topological polar surface area (TPSA) is 202 Å². The van der Waals surface area contributed by atoms with E-state index >= 15 is 0 Å². The summed E-state index contributed by atoms with van der Waals surface area (Å²) in [5.41, 5.74) is 10.5. The Labute approximate surface area is 154 Å². The van der Waals surface area contributed by atoms with Crippen molar-refractivity contribution in [1.82, 2.24) is 10.6 Å². The van der Waals surface area contributed by atoms with Crippen LogP contribution in [-0.2, 0) is 24.0 Å². The van der Waals surface area contributed by atoms with Crippen molar-refractivity contribution in [3.05, 3.63) is 0 Å². The molecular weight excluding hydrogens is 368 g/mol. The summed E-state index contributed by atoms with van der Waals surface area (Å²) in [7, 11) is 0. The third-order valence-electron chi connectivity index (χ3n) is 3.28. The van der Waals surface area contributed by atoms with Crippen molar-refractivity contribution in [1.29, 1.82) is 0 Å². The van der Waals surface area contributed by atoms with Crippen molar-refractivity contribution in [2.75, 3.05) is 12.0 Å². The zero-order valence-corrected chi connectivity index (χ0v) is 15.1. The molecule has 0 bridgehead atoms. The predicted molar refractivity (Wildman–Crippen MR) is 93.2 cm³/mol. The molecule has 0 saturated carbocycles. The van der Waals surface area contributed by atoms with Crippen molar-refractivity contribution < 1.29 is 34.2 Å². The van der Waals surface area contributed by atoms with Crippen LogP contribution in [-0.4, -0.2) is 70.0 Å². The van der Waals surface area contributed by atoms with Gasteiger partial charge in [0.15, 0.2) is 0 Å². The number of carboxylic acids is 2. The van der Waals surface area contributed by atoms with Gasteiger partial charge in [-0.2, -0.15) is 11.8 Å². The van der Waals surface area contributed by atoms with Gasteiger partial charge in [-0.15, -0.1) is 0 Å². The molecule has 0 rings (SSSR count). The smallest absolute Gasteiger partial charge is 0.326 e. The molecule has 0 radical (unpaired) electrons. The lowest BCUT2D eigenvalue weighted by Crippen LogP contribution is -2.55. The average molecular weight is 392 g/mol. The highest BCUT2D eigenvalue weighted by Crippen LogP contribution is 2.03. The van der Waals surface area contributed by atoms with E-state index in [0.717, 1.165) is 0 Å². The van der Waals surface area contributed by atoms with E-state index in [0.29, 0.717) is 5.75 Å². The van der Waals surface area contributed by atoms with Crippen molar-refractivity contribution >= 4 is 41.4 Å². The van der Waals surface area contributed by atoms with E-state index in [1.807, 2.05) is 0 Å². The quantitative estimate of drug-likeness (QED) is 0.202. The van der Waals surface area contributed by atoms with E-state index in [1.54, 1.807) is 6.26 Å². The van der Waals surface area contributed by atoms with Crippen LogP contribution in [0.3, 0.4) is 0 Å². The Morgan fingerprint density at radius 3 is 2.04 bits per heavy atom. The summed E-state index contributed by atoms with van der Waals surface area (Å²) in [6, 6.07) is -3.89. The number of thioether (sulfide) groups is 1. The molecule has 0 saturated heterocycles. The normalized spacial score (nSPS) is 13.9. The lowest BCUT2D eigenvalue weighted by atomic mass is 10.1. The minimum Gasteiger partial charge on any atom is -0.481 e. The van der Waals surface area contributed by atoms with Crippen molar-refractivity contribution in [3.8, 4) is 0 Å². The van der Waals surface area contributed by atoms with Gasteiger partial charge in [-0.05, 0) is 24.9 Å². The Kier molecular flexibility index (Phi) is 11.0. The van der Waals surface area contributed by atoms with Gasteiger partial charge in [0.05, 0.1) is 12.5 Å². The monoisotopic (exact) mass is 392 g/mol. The number of hydrogen-bond acceptors (Lipinski definition) is 7. The number of primary amides is 1. The molecule has 8 N–H and O–H groups in total. The van der Waals surface area contributed by atoms with Crippen molar-refractivity contribution in [2.24, 2.45) is 11.5 Å². The second kappa shape index (κ2) is 12.1. The van der Waals surface area contributed by atoms with E-state index in [9.17, 15) is 24.0 Å². The fraction of sp³-hybridized carbons (Fsp3) is 0.643. The zero-order valence-electron chi connectivity index (χ0n) is 14.3. The van der Waals surface area contributed by atoms with Crippen LogP contribution in [0.15, 0.2) is 0 Å². The van der Waals surface area contributed by atoms with E-state index in [-0.39, 0.29) is 19.3 Å². The summed E-state index contributed by atoms with van der Waals surface area (Å²) < 4.78 is 0. The maximum atomic E-state index is 12.2. The van der Waals surface area contributed by atoms with Crippen molar-refractivity contribution in [3.63, 3.8) is 0 Å². The lowest BCUT2D eigenvalue weighted by Gasteiger charge is -2.21. The molecular formula is C14H24N4O7S. The van der Waals surface area contributed by atoms with Crippen LogP contribution >= 0.6 is 11.8 Å². The zero-order chi connectivity index (χ0) is 20.3. The number of rotatable bonds is 13. The Hall–Kier alpha value is -2.34. The third kappa shape index (κ3) is 9.84. The number of hydrogen-bond donors (Lipinski definition) is 6. The summed E-state index contributed by atoms with van der Waals surface area (Å²) in [6.07, 6.45) is 0.916. The van der Waals surface area contributed by atoms with Crippen LogP contribution in [0.25, 0.3) is 0 Å². The van der Waals surface area contributed by atoms with E-state index in [4.69, 9.17) is 21.7 Å². The second-order valence-electron chi connectivity index (χ2n) is 5.45. The van der Waals surface area contributed by atoms with Gasteiger partial charge >= 0.3 is 11.9 Å². The molecule has 0 aliphatic heterocycles. The van der Waals surface area contributed by atoms with Gasteiger partial charge in [-0.1, -0.05) is 0 Å². The van der Waals surface area contributed by atoms with Crippen LogP contribution in [0.5, 0.6) is 0 Å². The highest BCUT2D eigenvalue weighted by molar-refractivity contribution is 7.98. The predicted octanol–water partition coefficient (Wildman–Crippen LogP) is -2.14. The van der Waals surface area contributed by atoms with Crippen molar-refractivity contribution in [2.45, 2.75) is 43.8 Å². The van der Waals surface area contributed by atoms with E-state index < -0.39 is 54.2 Å². The Morgan fingerprint density at radius 1 is 1.00 bits per heavy atom. The third-order valence-corrected chi connectivity index (χ3v) is 3.92. The fourth-order valence-corrected chi connectivity index (χ4v) is 2.33. The van der Waals surface area contributed by atoms with Gasteiger partial charge < -0.3 is 32.3 Å². The summed E-state index contributed by atoms with van der Waals surface area (Å²) in [5.74, 6) is -4.63. The van der Waals surface area contributed by atoms with Crippen LogP contribution in [0.2, 0.25) is 0 Å². The number of carboxylic acid groups (broad SMARTS) is 2. The molecule has 0 aromatic heterocycles. The van der Waals surface area contributed by atoms with Crippen LogP contribution in [0, 0.1) is 0 Å². The molecule has 11 nitrogen and oxygen atoms in total. The molecule has 0 spiro atoms. The Bertz CT molecular complexity index is 543. The molecule has 0 heterocycles. The molecule has 3 atom stereocenters. The lowest BCUT2D eigenvalue weighted by molar-refractivity contribution is -0.143. The fourth-order valence-electron chi connectivity index (χ4n) is 1.86. The molecule has 0 aliphatic carbocycles. The van der Waals surface area contributed by atoms with E-state index in [2.05, 4.69) is 10.6 Å². The number of nitrogens with one attached hydrogen (secondary N) is 2. The number of nitrogens with two attached hydrogens (primary N) is 2. The summed E-state index contributed by atoms with van der Waals surface area (Å²) in [6.45, 7) is 0.